The number of carbonyl (C=O) groups is 2. The third-order valence-corrected chi connectivity index (χ3v) is 4.51. The van der Waals surface area contributed by atoms with Gasteiger partial charge in [-0.2, -0.15) is 0 Å². The predicted octanol–water partition coefficient (Wildman–Crippen LogP) is 0.123. The summed E-state index contributed by atoms with van der Waals surface area (Å²) in [5.74, 6) is -1.12. The number of primary sulfonamides is 1. The second kappa shape index (κ2) is 6.55. The maximum Gasteiger partial charge on any atom is 0.340 e. The highest BCUT2D eigenvalue weighted by molar-refractivity contribution is 7.89. The number of rotatable bonds is 5. The molecule has 1 amide bonds. The van der Waals surface area contributed by atoms with Gasteiger partial charge in [0.15, 0.2) is 0 Å². The van der Waals surface area contributed by atoms with Gasteiger partial charge in [0, 0.05) is 18.9 Å². The van der Waals surface area contributed by atoms with Crippen molar-refractivity contribution in [2.45, 2.75) is 6.42 Å². The van der Waals surface area contributed by atoms with E-state index >= 15 is 0 Å². The van der Waals surface area contributed by atoms with Crippen LogP contribution in [-0.4, -0.2) is 46.8 Å². The number of methoxy groups -OCH3 is 2. The Kier molecular flexibility index (Phi) is 4.90. The topological polar surface area (TPSA) is 116 Å². The van der Waals surface area contributed by atoms with Gasteiger partial charge in [-0.05, 0) is 18.2 Å². The molecule has 1 saturated heterocycles. The highest BCUT2D eigenvalue weighted by Gasteiger charge is 2.34. The van der Waals surface area contributed by atoms with E-state index in [0.717, 1.165) is 0 Å². The van der Waals surface area contributed by atoms with E-state index in [9.17, 15) is 18.0 Å². The summed E-state index contributed by atoms with van der Waals surface area (Å²) >= 11 is 0. The summed E-state index contributed by atoms with van der Waals surface area (Å²) < 4.78 is 32.2. The fourth-order valence-corrected chi connectivity index (χ4v) is 3.49. The van der Waals surface area contributed by atoms with Crippen LogP contribution in [0.15, 0.2) is 18.2 Å². The zero-order valence-corrected chi connectivity index (χ0v) is 13.6. The molecule has 0 saturated carbocycles. The SMILES string of the molecule is COC(=O)c1cc(OC)ccc1N1CC(CS(N)(=O)=O)CC1=O. The molecular weight excluding hydrogens is 324 g/mol. The van der Waals surface area contributed by atoms with E-state index in [0.29, 0.717) is 11.4 Å². The third kappa shape index (κ3) is 3.99. The van der Waals surface area contributed by atoms with Gasteiger partial charge in [-0.15, -0.1) is 0 Å². The van der Waals surface area contributed by atoms with E-state index < -0.39 is 21.9 Å². The van der Waals surface area contributed by atoms with Crippen molar-refractivity contribution in [3.05, 3.63) is 23.8 Å². The number of hydrogen-bond donors (Lipinski definition) is 1. The van der Waals surface area contributed by atoms with Crippen molar-refractivity contribution in [1.82, 2.24) is 0 Å². The summed E-state index contributed by atoms with van der Waals surface area (Å²) in [7, 11) is -0.974. The van der Waals surface area contributed by atoms with Crippen molar-refractivity contribution in [1.29, 1.82) is 0 Å². The van der Waals surface area contributed by atoms with Gasteiger partial charge < -0.3 is 14.4 Å². The van der Waals surface area contributed by atoms with Gasteiger partial charge in [0.25, 0.3) is 0 Å². The molecule has 1 atom stereocenters. The predicted molar refractivity (Wildman–Crippen MR) is 82.8 cm³/mol. The second-order valence-corrected chi connectivity index (χ2v) is 6.94. The van der Waals surface area contributed by atoms with E-state index in [1.165, 1.54) is 25.2 Å². The van der Waals surface area contributed by atoms with Crippen molar-refractivity contribution in [3.63, 3.8) is 0 Å². The van der Waals surface area contributed by atoms with Gasteiger partial charge in [0.1, 0.15) is 5.75 Å². The molecule has 9 heteroatoms. The summed E-state index contributed by atoms with van der Waals surface area (Å²) in [6, 6.07) is 4.66. The second-order valence-electron chi connectivity index (χ2n) is 5.28. The van der Waals surface area contributed by atoms with E-state index in [4.69, 9.17) is 14.6 Å². The first-order chi connectivity index (χ1) is 10.7. The molecule has 2 N–H and O–H groups in total. The van der Waals surface area contributed by atoms with Gasteiger partial charge in [-0.3, -0.25) is 4.79 Å². The molecule has 23 heavy (non-hydrogen) atoms. The smallest absolute Gasteiger partial charge is 0.340 e. The van der Waals surface area contributed by atoms with Crippen LogP contribution in [-0.2, 0) is 19.6 Å². The molecule has 0 radical (unpaired) electrons. The molecule has 0 spiro atoms. The van der Waals surface area contributed by atoms with Gasteiger partial charge in [-0.1, -0.05) is 0 Å². The van der Waals surface area contributed by atoms with Crippen LogP contribution in [0.1, 0.15) is 16.8 Å². The summed E-state index contributed by atoms with van der Waals surface area (Å²) in [6.07, 6.45) is 0.0586. The Labute approximate surface area is 134 Å². The minimum atomic E-state index is -3.67. The number of anilines is 1. The first-order valence-corrected chi connectivity index (χ1v) is 8.54. The summed E-state index contributed by atoms with van der Waals surface area (Å²) in [6.45, 7) is 0.172. The number of nitrogens with zero attached hydrogens (tertiary/aromatic N) is 1. The van der Waals surface area contributed by atoms with Crippen molar-refractivity contribution >= 4 is 27.6 Å². The average Bonchev–Trinajstić information content (AvgIpc) is 2.83. The van der Waals surface area contributed by atoms with E-state index in [1.54, 1.807) is 12.1 Å². The number of amides is 1. The molecule has 1 aliphatic rings. The molecule has 0 aromatic heterocycles. The van der Waals surface area contributed by atoms with Gasteiger partial charge >= 0.3 is 5.97 Å². The summed E-state index contributed by atoms with van der Waals surface area (Å²) in [4.78, 5) is 25.5. The molecule has 8 nitrogen and oxygen atoms in total. The van der Waals surface area contributed by atoms with Crippen LogP contribution in [0, 0.1) is 5.92 Å². The molecule has 1 fully saturated rings. The highest BCUT2D eigenvalue weighted by Crippen LogP contribution is 2.31. The van der Waals surface area contributed by atoms with Crippen molar-refractivity contribution in [2.24, 2.45) is 11.1 Å². The lowest BCUT2D eigenvalue weighted by molar-refractivity contribution is -0.117. The molecule has 0 aliphatic carbocycles. The lowest BCUT2D eigenvalue weighted by atomic mass is 10.1. The van der Waals surface area contributed by atoms with Crippen LogP contribution in [0.4, 0.5) is 5.69 Å². The number of nitrogens with two attached hydrogens (primary N) is 1. The Hall–Kier alpha value is -2.13. The molecule has 2 rings (SSSR count). The Balaban J connectivity index is 2.34. The Bertz CT molecular complexity index is 731. The molecule has 1 unspecified atom stereocenters. The molecule has 1 aliphatic heterocycles. The lowest BCUT2D eigenvalue weighted by Gasteiger charge is -2.20. The standard InChI is InChI=1S/C14H18N2O6S/c1-21-10-3-4-12(11(6-10)14(18)22-2)16-7-9(5-13(16)17)8-23(15,19)20/h3-4,6,9H,5,7-8H2,1-2H3,(H2,15,19,20). The van der Waals surface area contributed by atoms with Crippen LogP contribution in [0.3, 0.4) is 0 Å². The van der Waals surface area contributed by atoms with Gasteiger partial charge in [-0.25, -0.2) is 18.4 Å². The Morgan fingerprint density at radius 3 is 2.65 bits per heavy atom. The number of benzene rings is 1. The largest absolute Gasteiger partial charge is 0.497 e. The first-order valence-electron chi connectivity index (χ1n) is 6.82. The highest BCUT2D eigenvalue weighted by atomic mass is 32.2. The first kappa shape index (κ1) is 17.2. The maximum absolute atomic E-state index is 12.2. The minimum Gasteiger partial charge on any atom is -0.497 e. The Morgan fingerprint density at radius 1 is 1.39 bits per heavy atom. The number of sulfonamides is 1. The normalized spacial score (nSPS) is 18.1. The van der Waals surface area contributed by atoms with Crippen molar-refractivity contribution < 1.29 is 27.5 Å². The fraction of sp³-hybridized carbons (Fsp3) is 0.429. The fourth-order valence-electron chi connectivity index (χ4n) is 2.61. The van der Waals surface area contributed by atoms with Crippen LogP contribution < -0.4 is 14.8 Å². The molecular formula is C14H18N2O6S. The number of hydrogen-bond acceptors (Lipinski definition) is 6. The molecule has 0 bridgehead atoms. The number of carbonyl (C=O) groups excluding carboxylic acids is 2. The average molecular weight is 342 g/mol. The molecule has 1 aromatic carbocycles. The van der Waals surface area contributed by atoms with Crippen LogP contribution in [0.25, 0.3) is 0 Å². The maximum atomic E-state index is 12.2. The lowest BCUT2D eigenvalue weighted by Crippen LogP contribution is -2.28. The third-order valence-electron chi connectivity index (χ3n) is 3.57. The molecule has 1 aromatic rings. The van der Waals surface area contributed by atoms with E-state index in [1.807, 2.05) is 0 Å². The number of esters is 1. The summed E-state index contributed by atoms with van der Waals surface area (Å²) in [5.41, 5.74) is 0.538. The molecule has 1 heterocycles. The van der Waals surface area contributed by atoms with E-state index in [2.05, 4.69) is 0 Å². The van der Waals surface area contributed by atoms with E-state index in [-0.39, 0.29) is 30.2 Å². The quantitative estimate of drug-likeness (QED) is 0.760. The van der Waals surface area contributed by atoms with Crippen LogP contribution in [0.2, 0.25) is 0 Å². The molecule has 126 valence electrons. The van der Waals surface area contributed by atoms with Crippen molar-refractivity contribution in [2.75, 3.05) is 31.4 Å². The number of ether oxygens (including phenoxy) is 2. The van der Waals surface area contributed by atoms with Crippen LogP contribution >= 0.6 is 0 Å². The van der Waals surface area contributed by atoms with Crippen molar-refractivity contribution in [3.8, 4) is 5.75 Å². The van der Waals surface area contributed by atoms with Crippen LogP contribution in [0.5, 0.6) is 5.75 Å². The summed E-state index contributed by atoms with van der Waals surface area (Å²) in [5, 5.41) is 5.03. The Morgan fingerprint density at radius 2 is 2.09 bits per heavy atom. The monoisotopic (exact) mass is 342 g/mol. The zero-order valence-electron chi connectivity index (χ0n) is 12.8. The minimum absolute atomic E-state index is 0.0586. The van der Waals surface area contributed by atoms with Gasteiger partial charge in [0.05, 0.1) is 31.2 Å². The zero-order chi connectivity index (χ0) is 17.2. The van der Waals surface area contributed by atoms with Gasteiger partial charge in [0.2, 0.25) is 15.9 Å².